The Morgan fingerprint density at radius 1 is 0.667 bits per heavy atom. The molecule has 132 valence electrons. The number of rotatable bonds is 2. The maximum atomic E-state index is 3.79. The van der Waals surface area contributed by atoms with E-state index in [1.165, 1.54) is 33.4 Å². The Kier molecular flexibility index (Phi) is 8.68. The third kappa shape index (κ3) is 3.18. The summed E-state index contributed by atoms with van der Waals surface area (Å²) in [6.45, 7) is 22.9. The summed E-state index contributed by atoms with van der Waals surface area (Å²) in [7, 11) is 0. The summed E-state index contributed by atoms with van der Waals surface area (Å²) in [6, 6.07) is 0. The van der Waals surface area contributed by atoms with Gasteiger partial charge in [0.25, 0.3) is 0 Å². The fourth-order valence-electron chi connectivity index (χ4n) is 4.19. The van der Waals surface area contributed by atoms with E-state index < -0.39 is 0 Å². The van der Waals surface area contributed by atoms with Gasteiger partial charge in [0.15, 0.2) is 0 Å². The predicted octanol–water partition coefficient (Wildman–Crippen LogP) is 0.230. The molecular formula is C21H30Cl2Ti. The molecule has 2 atom stereocenters. The van der Waals surface area contributed by atoms with Crippen LogP contribution >= 0.6 is 0 Å². The van der Waals surface area contributed by atoms with E-state index in [1.807, 2.05) is 0 Å². The van der Waals surface area contributed by atoms with E-state index in [0.29, 0.717) is 0 Å². The zero-order valence-electron chi connectivity index (χ0n) is 16.8. The van der Waals surface area contributed by atoms with Crippen LogP contribution in [0.25, 0.3) is 0 Å². The van der Waals surface area contributed by atoms with E-state index in [2.05, 4.69) is 81.4 Å². The molecule has 2 aliphatic carbocycles. The molecule has 0 aromatic heterocycles. The molecule has 0 saturated heterocycles. The largest absolute Gasteiger partial charge is 4.00 e. The van der Waals surface area contributed by atoms with Gasteiger partial charge in [0, 0.05) is 0 Å². The standard InChI is InChI=1S/C21H30.2ClH.Ti/c1-13-11-20(9,17(5)15(13)3)19(7,8)21(10)12-14(2)16(4)18(21)6;;;/h1-10H3;2*1H;/q-2;;;+4/p-2. The first-order chi connectivity index (χ1) is 9.40. The minimum absolute atomic E-state index is 0. The Balaban J connectivity index is 0. The smallest absolute Gasteiger partial charge is 1.00 e. The average molecular weight is 401 g/mol. The molecule has 0 fully saturated rings. The molecule has 0 spiro atoms. The predicted molar refractivity (Wildman–Crippen MR) is 91.6 cm³/mol. The van der Waals surface area contributed by atoms with Crippen molar-refractivity contribution in [2.24, 2.45) is 16.2 Å². The number of halogens is 2. The molecule has 2 aliphatic rings. The molecule has 0 aliphatic heterocycles. The van der Waals surface area contributed by atoms with E-state index >= 15 is 0 Å². The number of hydrogen-bond acceptors (Lipinski definition) is 0. The molecule has 0 aromatic rings. The summed E-state index contributed by atoms with van der Waals surface area (Å²) in [6.07, 6.45) is 7.59. The van der Waals surface area contributed by atoms with Crippen LogP contribution in [-0.2, 0) is 21.7 Å². The summed E-state index contributed by atoms with van der Waals surface area (Å²) in [5.41, 5.74) is 8.28. The van der Waals surface area contributed by atoms with Crippen molar-refractivity contribution in [2.45, 2.75) is 69.2 Å². The fourth-order valence-corrected chi connectivity index (χ4v) is 4.19. The molecule has 0 radical (unpaired) electrons. The molecular weight excluding hydrogens is 371 g/mol. The molecule has 2 unspecified atom stereocenters. The molecule has 0 saturated carbocycles. The van der Waals surface area contributed by atoms with Gasteiger partial charge in [-0.05, 0) is 5.41 Å². The van der Waals surface area contributed by atoms with Crippen LogP contribution in [0, 0.1) is 28.4 Å². The van der Waals surface area contributed by atoms with Crippen molar-refractivity contribution in [1.82, 2.24) is 0 Å². The van der Waals surface area contributed by atoms with Gasteiger partial charge < -0.3 is 24.8 Å². The fraction of sp³-hybridized carbons (Fsp3) is 0.619. The van der Waals surface area contributed by atoms with Gasteiger partial charge in [0.2, 0.25) is 0 Å². The topological polar surface area (TPSA) is 0 Å². The van der Waals surface area contributed by atoms with Crippen molar-refractivity contribution in [2.75, 3.05) is 0 Å². The van der Waals surface area contributed by atoms with Crippen molar-refractivity contribution in [3.05, 3.63) is 45.6 Å². The summed E-state index contributed by atoms with van der Waals surface area (Å²) in [5.74, 6) is 0. The Morgan fingerprint density at radius 3 is 1.08 bits per heavy atom. The van der Waals surface area contributed by atoms with Crippen molar-refractivity contribution in [1.29, 1.82) is 0 Å². The minimum Gasteiger partial charge on any atom is -1.00 e. The summed E-state index contributed by atoms with van der Waals surface area (Å²) < 4.78 is 0. The molecule has 0 bridgehead atoms. The van der Waals surface area contributed by atoms with E-state index in [1.54, 1.807) is 0 Å². The van der Waals surface area contributed by atoms with Crippen LogP contribution in [-0.4, -0.2) is 0 Å². The molecule has 0 N–H and O–H groups in total. The van der Waals surface area contributed by atoms with E-state index in [4.69, 9.17) is 0 Å². The van der Waals surface area contributed by atoms with Gasteiger partial charge in [0.05, 0.1) is 0 Å². The zero-order valence-corrected chi connectivity index (χ0v) is 19.8. The number of hydrogen-bond donors (Lipinski definition) is 0. The Bertz CT molecular complexity index is 580. The SMILES string of the molecule is CC1=[C-]C(C)(C(C)(C)C2(C)[C-]=C(C)C(C)=C2C)C(C)=C1C.[Cl-].[Cl-].[Ti+4]. The maximum Gasteiger partial charge on any atom is 4.00 e. The van der Waals surface area contributed by atoms with Crippen LogP contribution in [0.4, 0.5) is 0 Å². The van der Waals surface area contributed by atoms with Gasteiger partial charge in [-0.3, -0.25) is 12.2 Å². The quantitative estimate of drug-likeness (QED) is 0.459. The Labute approximate surface area is 177 Å². The molecule has 3 heteroatoms. The van der Waals surface area contributed by atoms with Crippen LogP contribution in [0.15, 0.2) is 33.4 Å². The van der Waals surface area contributed by atoms with Crippen molar-refractivity contribution < 1.29 is 46.5 Å². The van der Waals surface area contributed by atoms with Crippen LogP contribution in [0.3, 0.4) is 0 Å². The first-order valence-electron chi connectivity index (χ1n) is 8.00. The molecule has 2 rings (SSSR count). The van der Waals surface area contributed by atoms with E-state index in [0.717, 1.165) is 0 Å². The first kappa shape index (κ1) is 26.5. The molecule has 0 nitrogen and oxygen atoms in total. The minimum atomic E-state index is -0.0466. The Morgan fingerprint density at radius 2 is 0.917 bits per heavy atom. The first-order valence-corrected chi connectivity index (χ1v) is 8.00. The van der Waals surface area contributed by atoms with Crippen LogP contribution < -0.4 is 24.8 Å². The monoisotopic (exact) mass is 400 g/mol. The van der Waals surface area contributed by atoms with Crippen LogP contribution in [0.2, 0.25) is 0 Å². The van der Waals surface area contributed by atoms with Gasteiger partial charge in [-0.15, -0.1) is 13.8 Å². The summed E-state index contributed by atoms with van der Waals surface area (Å²) >= 11 is 0. The van der Waals surface area contributed by atoms with Crippen LogP contribution in [0.5, 0.6) is 0 Å². The van der Waals surface area contributed by atoms with Gasteiger partial charge in [-0.1, -0.05) is 66.2 Å². The van der Waals surface area contributed by atoms with Crippen LogP contribution in [0.1, 0.15) is 69.2 Å². The van der Waals surface area contributed by atoms with Crippen molar-refractivity contribution in [3.8, 4) is 0 Å². The van der Waals surface area contributed by atoms with Crippen molar-refractivity contribution >= 4 is 0 Å². The number of allylic oxidation sites excluding steroid dienone is 8. The molecule has 24 heavy (non-hydrogen) atoms. The van der Waals surface area contributed by atoms with Crippen molar-refractivity contribution in [3.63, 3.8) is 0 Å². The average Bonchev–Trinajstić information content (AvgIpc) is 2.72. The third-order valence-corrected chi connectivity index (χ3v) is 7.12. The Hall–Kier alpha value is 0.254. The third-order valence-electron chi connectivity index (χ3n) is 7.12. The van der Waals surface area contributed by atoms with Gasteiger partial charge in [-0.2, -0.15) is 22.3 Å². The molecule has 0 amide bonds. The molecule has 0 aromatic carbocycles. The second-order valence-electron chi connectivity index (χ2n) is 7.88. The normalized spacial score (nSPS) is 29.6. The second kappa shape index (κ2) is 7.87. The summed E-state index contributed by atoms with van der Waals surface area (Å²) in [4.78, 5) is 0. The van der Waals surface area contributed by atoms with E-state index in [9.17, 15) is 0 Å². The summed E-state index contributed by atoms with van der Waals surface area (Å²) in [5, 5.41) is 0. The van der Waals surface area contributed by atoms with Gasteiger partial charge >= 0.3 is 21.7 Å². The van der Waals surface area contributed by atoms with Gasteiger partial charge in [-0.25, -0.2) is 11.1 Å². The molecule has 0 heterocycles. The zero-order chi connectivity index (χ0) is 16.4. The van der Waals surface area contributed by atoms with E-state index in [-0.39, 0.29) is 62.8 Å². The van der Waals surface area contributed by atoms with Gasteiger partial charge in [0.1, 0.15) is 0 Å². The maximum absolute atomic E-state index is 3.79. The second-order valence-corrected chi connectivity index (χ2v) is 7.88.